The van der Waals surface area contributed by atoms with Crippen molar-refractivity contribution < 1.29 is 24.2 Å². The molecule has 10 nitrogen and oxygen atoms in total. The van der Waals surface area contributed by atoms with Gasteiger partial charge < -0.3 is 19.5 Å². The van der Waals surface area contributed by atoms with Crippen LogP contribution in [0.4, 0.5) is 4.79 Å². The van der Waals surface area contributed by atoms with Gasteiger partial charge in [-0.1, -0.05) is 25.0 Å². The molecule has 4 rings (SSSR count). The largest absolute Gasteiger partial charge is 0.491 e. The molecule has 10 heteroatoms. The molecule has 0 radical (unpaired) electrons. The van der Waals surface area contributed by atoms with Crippen LogP contribution in [0.25, 0.3) is 11.4 Å². The Morgan fingerprint density at radius 1 is 1.22 bits per heavy atom. The second kappa shape index (κ2) is 11.7. The van der Waals surface area contributed by atoms with Crippen molar-refractivity contribution in [3.63, 3.8) is 0 Å². The third-order valence-corrected chi connectivity index (χ3v) is 7.06. The van der Waals surface area contributed by atoms with Crippen molar-refractivity contribution in [2.45, 2.75) is 70.8 Å². The lowest BCUT2D eigenvalue weighted by Crippen LogP contribution is -2.28. The van der Waals surface area contributed by atoms with Crippen LogP contribution < -0.4 is 4.74 Å². The number of aryl methyl sites for hydroxylation is 1. The molecule has 2 atom stereocenters. The number of carbonyl (C=O) groups is 2. The molecular formula is C26H37N5O5. The summed E-state index contributed by atoms with van der Waals surface area (Å²) in [4.78, 5) is 30.2. The first-order chi connectivity index (χ1) is 17.4. The molecule has 0 unspecified atom stereocenters. The van der Waals surface area contributed by atoms with Crippen LogP contribution in [0, 0.1) is 11.8 Å². The highest BCUT2D eigenvalue weighted by atomic mass is 16.6. The molecule has 2 aromatic rings. The van der Waals surface area contributed by atoms with Gasteiger partial charge in [0.25, 0.3) is 0 Å². The van der Waals surface area contributed by atoms with Gasteiger partial charge in [0.05, 0.1) is 42.8 Å². The highest BCUT2D eigenvalue weighted by Gasteiger charge is 2.31. The molecule has 0 spiro atoms. The van der Waals surface area contributed by atoms with Gasteiger partial charge in [0.15, 0.2) is 0 Å². The van der Waals surface area contributed by atoms with Crippen molar-refractivity contribution >= 4 is 12.1 Å². The zero-order chi connectivity index (χ0) is 25.7. The molecule has 0 bridgehead atoms. The van der Waals surface area contributed by atoms with Gasteiger partial charge in [-0.15, -0.1) is 5.10 Å². The number of amides is 1. The minimum absolute atomic E-state index is 0.241. The van der Waals surface area contributed by atoms with E-state index in [1.165, 1.54) is 4.90 Å². The Balaban J connectivity index is 1.47. The number of aliphatic carboxylic acids is 1. The zero-order valence-electron chi connectivity index (χ0n) is 21.5. The minimum atomic E-state index is -0.705. The van der Waals surface area contributed by atoms with Gasteiger partial charge in [0.2, 0.25) is 0 Å². The molecule has 2 saturated carbocycles. The Morgan fingerprint density at radius 3 is 2.75 bits per heavy atom. The fraction of sp³-hybridized carbons (Fsp3) is 0.654. The normalized spacial score (nSPS) is 19.6. The first-order valence-electron chi connectivity index (χ1n) is 13.0. The van der Waals surface area contributed by atoms with E-state index >= 15 is 0 Å². The van der Waals surface area contributed by atoms with Gasteiger partial charge in [-0.05, 0) is 56.6 Å². The molecule has 2 aromatic heterocycles. The average Bonchev–Trinajstić information content (AvgIpc) is 3.66. The lowest BCUT2D eigenvalue weighted by Gasteiger charge is -2.26. The number of nitrogens with zero attached hydrogens (tertiary/aromatic N) is 5. The molecule has 2 fully saturated rings. The third-order valence-electron chi connectivity index (χ3n) is 7.06. The summed E-state index contributed by atoms with van der Waals surface area (Å²) in [6, 6.07) is 3.82. The molecule has 196 valence electrons. The van der Waals surface area contributed by atoms with Crippen molar-refractivity contribution in [3.05, 3.63) is 23.5 Å². The number of ether oxygens (including phenoxy) is 2. The standard InChI is InChI=1S/C26H37N5O5/c1-4-5-13-35-26(34)30(2)15-21-24(28-29-31(21)3)20-11-12-22(23(27-20)18-9-10-18)36-16-17-7-6-8-19(14-17)25(32)33/h11-12,17-19H,4-10,13-16H2,1-3H3,(H,32,33)/t17-,19-/m0/s1. The monoisotopic (exact) mass is 499 g/mol. The fourth-order valence-corrected chi connectivity index (χ4v) is 4.70. The SMILES string of the molecule is CCCCOC(=O)N(C)Cc1c(-c2ccc(OC[C@H]3CCC[C@H](C(=O)O)C3)c(C3CC3)n2)nnn1C. The van der Waals surface area contributed by atoms with E-state index < -0.39 is 5.97 Å². The van der Waals surface area contributed by atoms with Gasteiger partial charge in [-0.25, -0.2) is 14.5 Å². The van der Waals surface area contributed by atoms with Gasteiger partial charge in [0.1, 0.15) is 11.4 Å². The summed E-state index contributed by atoms with van der Waals surface area (Å²) >= 11 is 0. The molecule has 0 aromatic carbocycles. The number of hydrogen-bond acceptors (Lipinski definition) is 7. The Kier molecular flexibility index (Phi) is 8.43. The fourth-order valence-electron chi connectivity index (χ4n) is 4.70. The second-order valence-electron chi connectivity index (χ2n) is 10.1. The van der Waals surface area contributed by atoms with E-state index in [0.29, 0.717) is 43.5 Å². The van der Waals surface area contributed by atoms with Crippen molar-refractivity contribution in [3.8, 4) is 17.1 Å². The maximum atomic E-state index is 12.3. The average molecular weight is 500 g/mol. The summed E-state index contributed by atoms with van der Waals surface area (Å²) in [7, 11) is 3.50. The van der Waals surface area contributed by atoms with Crippen molar-refractivity contribution in [2.75, 3.05) is 20.3 Å². The van der Waals surface area contributed by atoms with Crippen LogP contribution in [0.2, 0.25) is 0 Å². The number of carboxylic acids is 1. The van der Waals surface area contributed by atoms with Crippen LogP contribution in [0.15, 0.2) is 12.1 Å². The van der Waals surface area contributed by atoms with Gasteiger partial charge in [0, 0.05) is 20.0 Å². The number of unbranched alkanes of at least 4 members (excludes halogenated alkanes) is 1. The topological polar surface area (TPSA) is 120 Å². The summed E-state index contributed by atoms with van der Waals surface area (Å²) in [6.45, 7) is 3.26. The summed E-state index contributed by atoms with van der Waals surface area (Å²) in [5.41, 5.74) is 3.02. The van der Waals surface area contributed by atoms with Crippen molar-refractivity contribution in [1.29, 1.82) is 0 Å². The number of pyridine rings is 1. The van der Waals surface area contributed by atoms with E-state index in [1.54, 1.807) is 18.8 Å². The Labute approximate surface area is 212 Å². The number of hydrogen-bond donors (Lipinski definition) is 1. The number of aromatic nitrogens is 4. The first-order valence-corrected chi connectivity index (χ1v) is 13.0. The molecule has 2 aliphatic rings. The van der Waals surface area contributed by atoms with Crippen LogP contribution in [-0.4, -0.2) is 62.3 Å². The van der Waals surface area contributed by atoms with E-state index in [4.69, 9.17) is 14.5 Å². The zero-order valence-corrected chi connectivity index (χ0v) is 21.5. The van der Waals surface area contributed by atoms with Gasteiger partial charge >= 0.3 is 12.1 Å². The number of rotatable bonds is 11. The van der Waals surface area contributed by atoms with E-state index in [1.807, 2.05) is 12.1 Å². The summed E-state index contributed by atoms with van der Waals surface area (Å²) in [6.07, 6.45) is 6.89. The van der Waals surface area contributed by atoms with Crippen LogP contribution in [0.1, 0.15) is 75.6 Å². The quantitative estimate of drug-likeness (QED) is 0.452. The van der Waals surface area contributed by atoms with E-state index in [2.05, 4.69) is 17.2 Å². The van der Waals surface area contributed by atoms with Crippen LogP contribution in [0.5, 0.6) is 5.75 Å². The highest BCUT2D eigenvalue weighted by molar-refractivity contribution is 5.70. The molecule has 1 N–H and O–H groups in total. The van der Waals surface area contributed by atoms with Crippen molar-refractivity contribution in [1.82, 2.24) is 24.9 Å². The maximum Gasteiger partial charge on any atom is 0.409 e. The Morgan fingerprint density at radius 2 is 2.03 bits per heavy atom. The lowest BCUT2D eigenvalue weighted by molar-refractivity contribution is -0.143. The summed E-state index contributed by atoms with van der Waals surface area (Å²) < 4.78 is 13.2. The lowest BCUT2D eigenvalue weighted by atomic mass is 9.82. The minimum Gasteiger partial charge on any atom is -0.491 e. The smallest absolute Gasteiger partial charge is 0.409 e. The summed E-state index contributed by atoms with van der Waals surface area (Å²) in [5, 5.41) is 17.9. The van der Waals surface area contributed by atoms with E-state index in [0.717, 1.165) is 62.1 Å². The molecule has 2 aliphatic carbocycles. The molecule has 0 aliphatic heterocycles. The molecule has 2 heterocycles. The number of carboxylic acid groups (broad SMARTS) is 1. The van der Waals surface area contributed by atoms with Crippen LogP contribution >= 0.6 is 0 Å². The molecular weight excluding hydrogens is 462 g/mol. The van der Waals surface area contributed by atoms with Gasteiger partial charge in [-0.3, -0.25) is 4.79 Å². The van der Waals surface area contributed by atoms with Crippen molar-refractivity contribution in [2.24, 2.45) is 18.9 Å². The Bertz CT molecular complexity index is 1070. The predicted octanol–water partition coefficient (Wildman–Crippen LogP) is 4.39. The number of carbonyl (C=O) groups excluding carboxylic acids is 1. The van der Waals surface area contributed by atoms with Gasteiger partial charge in [-0.2, -0.15) is 0 Å². The Hall–Kier alpha value is -3.17. The third kappa shape index (κ3) is 6.33. The highest BCUT2D eigenvalue weighted by Crippen LogP contribution is 2.44. The van der Waals surface area contributed by atoms with E-state index in [9.17, 15) is 14.7 Å². The second-order valence-corrected chi connectivity index (χ2v) is 10.1. The molecule has 0 saturated heterocycles. The summed E-state index contributed by atoms with van der Waals surface area (Å²) in [5.74, 6) is 0.387. The van der Waals surface area contributed by atoms with Crippen LogP contribution in [0.3, 0.4) is 0 Å². The van der Waals surface area contributed by atoms with Crippen LogP contribution in [-0.2, 0) is 23.1 Å². The molecule has 1 amide bonds. The maximum absolute atomic E-state index is 12.3. The van der Waals surface area contributed by atoms with E-state index in [-0.39, 0.29) is 17.9 Å². The predicted molar refractivity (Wildman–Crippen MR) is 133 cm³/mol. The first kappa shape index (κ1) is 25.9. The molecule has 36 heavy (non-hydrogen) atoms.